The van der Waals surface area contributed by atoms with E-state index >= 15 is 0 Å². The SMILES string of the molecule is CCNC1CCC(N(C)C(=O)OC(C)(C)C)CC1. The first-order chi connectivity index (χ1) is 8.33. The van der Waals surface area contributed by atoms with Crippen molar-refractivity contribution in [1.82, 2.24) is 10.2 Å². The fourth-order valence-electron chi connectivity index (χ4n) is 2.44. The molecular formula is C14H28N2O2. The van der Waals surface area contributed by atoms with E-state index in [2.05, 4.69) is 12.2 Å². The maximum atomic E-state index is 12.0. The molecule has 0 heterocycles. The standard InChI is InChI=1S/C14H28N2O2/c1-6-15-11-7-9-12(10-8-11)16(5)13(17)18-14(2,3)4/h11-12,15H,6-10H2,1-5H3. The molecule has 0 saturated heterocycles. The van der Waals surface area contributed by atoms with Gasteiger partial charge < -0.3 is 15.0 Å². The number of carbonyl (C=O) groups excluding carboxylic acids is 1. The molecule has 1 aliphatic carbocycles. The number of hydrogen-bond acceptors (Lipinski definition) is 3. The summed E-state index contributed by atoms with van der Waals surface area (Å²) in [5, 5.41) is 3.48. The zero-order valence-electron chi connectivity index (χ0n) is 12.5. The average molecular weight is 256 g/mol. The van der Waals surface area contributed by atoms with Gasteiger partial charge in [-0.15, -0.1) is 0 Å². The molecule has 1 amide bonds. The van der Waals surface area contributed by atoms with Gasteiger partial charge in [0.1, 0.15) is 5.60 Å². The summed E-state index contributed by atoms with van der Waals surface area (Å²) < 4.78 is 5.40. The number of rotatable bonds is 3. The molecule has 0 radical (unpaired) electrons. The molecule has 0 aromatic carbocycles. The smallest absolute Gasteiger partial charge is 0.410 e. The van der Waals surface area contributed by atoms with Crippen molar-refractivity contribution in [1.29, 1.82) is 0 Å². The second-order valence-corrected chi connectivity index (χ2v) is 6.15. The summed E-state index contributed by atoms with van der Waals surface area (Å²) in [6, 6.07) is 0.952. The van der Waals surface area contributed by atoms with Crippen molar-refractivity contribution in [2.24, 2.45) is 0 Å². The number of nitrogens with zero attached hydrogens (tertiary/aromatic N) is 1. The quantitative estimate of drug-likeness (QED) is 0.844. The summed E-state index contributed by atoms with van der Waals surface area (Å²) >= 11 is 0. The van der Waals surface area contributed by atoms with E-state index in [-0.39, 0.29) is 6.09 Å². The van der Waals surface area contributed by atoms with E-state index in [9.17, 15) is 4.79 Å². The number of nitrogens with one attached hydrogen (secondary N) is 1. The van der Waals surface area contributed by atoms with Crippen LogP contribution in [0.25, 0.3) is 0 Å². The Morgan fingerprint density at radius 2 is 1.83 bits per heavy atom. The van der Waals surface area contributed by atoms with Crippen molar-refractivity contribution in [3.05, 3.63) is 0 Å². The molecule has 1 rings (SSSR count). The average Bonchev–Trinajstić information content (AvgIpc) is 2.27. The van der Waals surface area contributed by atoms with E-state index in [1.807, 2.05) is 27.8 Å². The number of hydrogen-bond donors (Lipinski definition) is 1. The fraction of sp³-hybridized carbons (Fsp3) is 0.929. The second-order valence-electron chi connectivity index (χ2n) is 6.15. The van der Waals surface area contributed by atoms with E-state index in [1.165, 1.54) is 0 Å². The lowest BCUT2D eigenvalue weighted by Gasteiger charge is -2.35. The lowest BCUT2D eigenvalue weighted by molar-refractivity contribution is 0.0179. The number of amides is 1. The first-order valence-electron chi connectivity index (χ1n) is 7.02. The van der Waals surface area contributed by atoms with E-state index in [4.69, 9.17) is 4.74 Å². The minimum atomic E-state index is -0.410. The van der Waals surface area contributed by atoms with E-state index in [0.29, 0.717) is 12.1 Å². The molecule has 4 heteroatoms. The largest absolute Gasteiger partial charge is 0.444 e. The molecule has 1 aliphatic rings. The fourth-order valence-corrected chi connectivity index (χ4v) is 2.44. The van der Waals surface area contributed by atoms with Gasteiger partial charge >= 0.3 is 6.09 Å². The molecule has 4 nitrogen and oxygen atoms in total. The van der Waals surface area contributed by atoms with Crippen LogP contribution in [0, 0.1) is 0 Å². The summed E-state index contributed by atoms with van der Waals surface area (Å²) in [5.41, 5.74) is -0.410. The van der Waals surface area contributed by atoms with Crippen LogP contribution in [0.3, 0.4) is 0 Å². The van der Waals surface area contributed by atoms with Gasteiger partial charge in [0.15, 0.2) is 0 Å². The second kappa shape index (κ2) is 6.41. The first kappa shape index (κ1) is 15.3. The first-order valence-corrected chi connectivity index (χ1v) is 7.02. The Balaban J connectivity index is 2.40. The van der Waals surface area contributed by atoms with Crippen LogP contribution in [0.4, 0.5) is 4.79 Å². The molecule has 0 spiro atoms. The predicted molar refractivity (Wildman–Crippen MR) is 73.7 cm³/mol. The van der Waals surface area contributed by atoms with Crippen molar-refractivity contribution >= 4 is 6.09 Å². The molecule has 1 fully saturated rings. The van der Waals surface area contributed by atoms with Gasteiger partial charge in [-0.3, -0.25) is 0 Å². The van der Waals surface area contributed by atoms with Crippen LogP contribution in [0.2, 0.25) is 0 Å². The van der Waals surface area contributed by atoms with Crippen molar-refractivity contribution < 1.29 is 9.53 Å². The van der Waals surface area contributed by atoms with Crippen LogP contribution >= 0.6 is 0 Å². The van der Waals surface area contributed by atoms with Crippen molar-refractivity contribution in [2.45, 2.75) is 71.1 Å². The predicted octanol–water partition coefficient (Wildman–Crippen LogP) is 2.77. The molecule has 1 saturated carbocycles. The molecular weight excluding hydrogens is 228 g/mol. The topological polar surface area (TPSA) is 41.6 Å². The molecule has 0 unspecified atom stereocenters. The van der Waals surface area contributed by atoms with Gasteiger partial charge in [0.2, 0.25) is 0 Å². The van der Waals surface area contributed by atoms with Crippen molar-refractivity contribution in [2.75, 3.05) is 13.6 Å². The van der Waals surface area contributed by atoms with Crippen LogP contribution in [0.1, 0.15) is 53.4 Å². The highest BCUT2D eigenvalue weighted by Gasteiger charge is 2.28. The summed E-state index contributed by atoms with van der Waals surface area (Å²) in [6.45, 7) is 8.87. The molecule has 0 aromatic heterocycles. The van der Waals surface area contributed by atoms with Gasteiger partial charge in [0.05, 0.1) is 0 Å². The normalized spacial score (nSPS) is 24.7. The Morgan fingerprint density at radius 1 is 1.28 bits per heavy atom. The molecule has 106 valence electrons. The molecule has 0 aromatic rings. The molecule has 18 heavy (non-hydrogen) atoms. The van der Waals surface area contributed by atoms with Gasteiger partial charge in [-0.25, -0.2) is 4.79 Å². The number of ether oxygens (including phenoxy) is 1. The van der Waals surface area contributed by atoms with E-state index in [1.54, 1.807) is 4.90 Å². The Kier molecular flexibility index (Phi) is 5.45. The van der Waals surface area contributed by atoms with Gasteiger partial charge in [0.25, 0.3) is 0 Å². The van der Waals surface area contributed by atoms with Crippen LogP contribution in [0.5, 0.6) is 0 Å². The number of carbonyl (C=O) groups is 1. The molecule has 0 aliphatic heterocycles. The zero-order chi connectivity index (χ0) is 13.8. The molecule has 0 atom stereocenters. The summed E-state index contributed by atoms with van der Waals surface area (Å²) in [7, 11) is 1.85. The summed E-state index contributed by atoms with van der Waals surface area (Å²) in [6.07, 6.45) is 4.22. The van der Waals surface area contributed by atoms with Crippen LogP contribution in [-0.2, 0) is 4.74 Å². The van der Waals surface area contributed by atoms with Crippen LogP contribution in [0.15, 0.2) is 0 Å². The van der Waals surface area contributed by atoms with Crippen LogP contribution < -0.4 is 5.32 Å². The van der Waals surface area contributed by atoms with Crippen molar-refractivity contribution in [3.63, 3.8) is 0 Å². The third-order valence-corrected chi connectivity index (χ3v) is 3.42. The van der Waals surface area contributed by atoms with Gasteiger partial charge in [-0.2, -0.15) is 0 Å². The maximum absolute atomic E-state index is 12.0. The monoisotopic (exact) mass is 256 g/mol. The Bertz CT molecular complexity index is 265. The highest BCUT2D eigenvalue weighted by molar-refractivity contribution is 5.68. The highest BCUT2D eigenvalue weighted by atomic mass is 16.6. The van der Waals surface area contributed by atoms with Gasteiger partial charge in [0, 0.05) is 19.1 Å². The van der Waals surface area contributed by atoms with Crippen LogP contribution in [-0.4, -0.2) is 42.3 Å². The Hall–Kier alpha value is -0.770. The van der Waals surface area contributed by atoms with E-state index in [0.717, 1.165) is 32.2 Å². The van der Waals surface area contributed by atoms with Crippen molar-refractivity contribution in [3.8, 4) is 0 Å². The summed E-state index contributed by atoms with van der Waals surface area (Å²) in [5.74, 6) is 0. The lowest BCUT2D eigenvalue weighted by Crippen LogP contribution is -2.45. The zero-order valence-corrected chi connectivity index (χ0v) is 12.5. The Morgan fingerprint density at radius 3 is 2.28 bits per heavy atom. The van der Waals surface area contributed by atoms with Gasteiger partial charge in [-0.1, -0.05) is 6.92 Å². The maximum Gasteiger partial charge on any atom is 0.410 e. The van der Waals surface area contributed by atoms with Gasteiger partial charge in [-0.05, 0) is 53.0 Å². The molecule has 1 N–H and O–H groups in total. The molecule has 0 bridgehead atoms. The lowest BCUT2D eigenvalue weighted by atomic mass is 9.90. The summed E-state index contributed by atoms with van der Waals surface area (Å²) in [4.78, 5) is 13.7. The minimum Gasteiger partial charge on any atom is -0.444 e. The minimum absolute atomic E-state index is 0.200. The third-order valence-electron chi connectivity index (χ3n) is 3.42. The third kappa shape index (κ3) is 4.84. The van der Waals surface area contributed by atoms with E-state index < -0.39 is 5.60 Å². The Labute approximate surface area is 111 Å². The highest BCUT2D eigenvalue weighted by Crippen LogP contribution is 2.23.